The molecule has 2 rings (SSSR count). The lowest BCUT2D eigenvalue weighted by Crippen LogP contribution is -2.28. The number of carbonyl (C=O) groups is 2. The van der Waals surface area contributed by atoms with Crippen LogP contribution in [0.3, 0.4) is 0 Å². The van der Waals surface area contributed by atoms with Crippen molar-refractivity contribution in [2.45, 2.75) is 6.42 Å². The SMILES string of the molecule is Nc1ccc(C(=O)N2CCC(=O)C2)cc1. The number of ketones is 1. The minimum Gasteiger partial charge on any atom is -0.399 e. The molecule has 1 aliphatic rings. The van der Waals surface area contributed by atoms with Crippen LogP contribution in [-0.4, -0.2) is 29.7 Å². The summed E-state index contributed by atoms with van der Waals surface area (Å²) in [4.78, 5) is 24.4. The molecule has 2 N–H and O–H groups in total. The van der Waals surface area contributed by atoms with Gasteiger partial charge in [0.05, 0.1) is 6.54 Å². The van der Waals surface area contributed by atoms with Crippen molar-refractivity contribution < 1.29 is 9.59 Å². The Hall–Kier alpha value is -1.84. The van der Waals surface area contributed by atoms with Gasteiger partial charge in [-0.2, -0.15) is 0 Å². The van der Waals surface area contributed by atoms with Crippen molar-refractivity contribution in [3.8, 4) is 0 Å². The monoisotopic (exact) mass is 204 g/mol. The van der Waals surface area contributed by atoms with E-state index in [1.807, 2.05) is 0 Å². The first kappa shape index (κ1) is 9.71. The second kappa shape index (κ2) is 3.73. The molecular formula is C11H12N2O2. The lowest BCUT2D eigenvalue weighted by molar-refractivity contribution is -0.116. The van der Waals surface area contributed by atoms with E-state index in [4.69, 9.17) is 5.73 Å². The molecule has 4 nitrogen and oxygen atoms in total. The van der Waals surface area contributed by atoms with Crippen molar-refractivity contribution in [2.75, 3.05) is 18.8 Å². The number of rotatable bonds is 1. The molecule has 1 amide bonds. The molecule has 0 spiro atoms. The van der Waals surface area contributed by atoms with Crippen LogP contribution in [0.4, 0.5) is 5.69 Å². The van der Waals surface area contributed by atoms with Crippen LogP contribution >= 0.6 is 0 Å². The predicted octanol–water partition coefficient (Wildman–Crippen LogP) is 0.684. The first-order chi connectivity index (χ1) is 7.16. The molecule has 0 atom stereocenters. The van der Waals surface area contributed by atoms with Gasteiger partial charge in [0, 0.05) is 24.2 Å². The molecule has 1 aromatic rings. The van der Waals surface area contributed by atoms with E-state index >= 15 is 0 Å². The van der Waals surface area contributed by atoms with Gasteiger partial charge in [-0.3, -0.25) is 9.59 Å². The molecule has 0 aromatic heterocycles. The third kappa shape index (κ3) is 1.98. The number of Topliss-reactive ketones (excluding diaryl/α,β-unsaturated/α-hetero) is 1. The summed E-state index contributed by atoms with van der Waals surface area (Å²) in [5, 5.41) is 0. The zero-order valence-electron chi connectivity index (χ0n) is 8.27. The normalized spacial score (nSPS) is 15.7. The first-order valence-electron chi connectivity index (χ1n) is 4.83. The van der Waals surface area contributed by atoms with Gasteiger partial charge in [-0.25, -0.2) is 0 Å². The van der Waals surface area contributed by atoms with E-state index in [1.54, 1.807) is 29.2 Å². The van der Waals surface area contributed by atoms with Gasteiger partial charge in [0.15, 0.2) is 5.78 Å². The number of likely N-dealkylation sites (tertiary alicyclic amines) is 1. The lowest BCUT2D eigenvalue weighted by atomic mass is 10.2. The van der Waals surface area contributed by atoms with Gasteiger partial charge < -0.3 is 10.6 Å². The highest BCUT2D eigenvalue weighted by Crippen LogP contribution is 2.12. The maximum absolute atomic E-state index is 11.8. The molecule has 1 aliphatic heterocycles. The molecule has 0 saturated carbocycles. The molecule has 15 heavy (non-hydrogen) atoms. The van der Waals surface area contributed by atoms with Crippen LogP contribution in [-0.2, 0) is 4.79 Å². The number of nitrogens with two attached hydrogens (primary N) is 1. The predicted molar refractivity (Wildman–Crippen MR) is 56.4 cm³/mol. The van der Waals surface area contributed by atoms with Crippen molar-refractivity contribution in [1.82, 2.24) is 4.90 Å². The zero-order chi connectivity index (χ0) is 10.8. The Labute approximate surface area is 87.7 Å². The van der Waals surface area contributed by atoms with Gasteiger partial charge in [-0.15, -0.1) is 0 Å². The molecule has 1 aromatic carbocycles. The highest BCUT2D eigenvalue weighted by molar-refractivity contribution is 5.98. The zero-order valence-corrected chi connectivity index (χ0v) is 8.27. The van der Waals surface area contributed by atoms with Gasteiger partial charge in [0.1, 0.15) is 0 Å². The summed E-state index contributed by atoms with van der Waals surface area (Å²) in [5.41, 5.74) is 6.73. The average molecular weight is 204 g/mol. The summed E-state index contributed by atoms with van der Waals surface area (Å²) in [6, 6.07) is 6.73. The molecule has 0 aliphatic carbocycles. The van der Waals surface area contributed by atoms with Crippen molar-refractivity contribution in [3.63, 3.8) is 0 Å². The number of hydrogen-bond donors (Lipinski definition) is 1. The average Bonchev–Trinajstić information content (AvgIpc) is 2.65. The fourth-order valence-electron chi connectivity index (χ4n) is 1.61. The van der Waals surface area contributed by atoms with Crippen LogP contribution in [0.15, 0.2) is 24.3 Å². The summed E-state index contributed by atoms with van der Waals surface area (Å²) in [6.07, 6.45) is 0.473. The van der Waals surface area contributed by atoms with Crippen molar-refractivity contribution in [3.05, 3.63) is 29.8 Å². The van der Waals surface area contributed by atoms with E-state index in [-0.39, 0.29) is 18.2 Å². The Morgan fingerprint density at radius 1 is 1.27 bits per heavy atom. The number of hydrogen-bond acceptors (Lipinski definition) is 3. The molecule has 1 saturated heterocycles. The largest absolute Gasteiger partial charge is 0.399 e. The molecule has 0 unspecified atom stereocenters. The minimum atomic E-state index is -0.0964. The van der Waals surface area contributed by atoms with Gasteiger partial charge >= 0.3 is 0 Å². The first-order valence-corrected chi connectivity index (χ1v) is 4.83. The van der Waals surface area contributed by atoms with E-state index in [0.717, 1.165) is 0 Å². The fourth-order valence-corrected chi connectivity index (χ4v) is 1.61. The third-order valence-corrected chi connectivity index (χ3v) is 2.47. The maximum atomic E-state index is 11.8. The molecule has 0 bridgehead atoms. The van der Waals surface area contributed by atoms with Gasteiger partial charge in [0.25, 0.3) is 5.91 Å². The van der Waals surface area contributed by atoms with E-state index < -0.39 is 0 Å². The summed E-state index contributed by atoms with van der Waals surface area (Å²) in [7, 11) is 0. The van der Waals surface area contributed by atoms with Crippen LogP contribution in [0.25, 0.3) is 0 Å². The highest BCUT2D eigenvalue weighted by Gasteiger charge is 2.24. The Bertz CT molecular complexity index is 398. The van der Waals surface area contributed by atoms with Crippen LogP contribution < -0.4 is 5.73 Å². The highest BCUT2D eigenvalue weighted by atomic mass is 16.2. The Morgan fingerprint density at radius 3 is 2.47 bits per heavy atom. The number of amides is 1. The fraction of sp³-hybridized carbons (Fsp3) is 0.273. The minimum absolute atomic E-state index is 0.0964. The Balaban J connectivity index is 2.14. The van der Waals surface area contributed by atoms with Crippen molar-refractivity contribution in [1.29, 1.82) is 0 Å². The van der Waals surface area contributed by atoms with E-state index in [2.05, 4.69) is 0 Å². The summed E-state index contributed by atoms with van der Waals surface area (Å²) in [5.74, 6) is 0.0274. The topological polar surface area (TPSA) is 63.4 Å². The van der Waals surface area contributed by atoms with Crippen molar-refractivity contribution >= 4 is 17.4 Å². The van der Waals surface area contributed by atoms with Crippen LogP contribution in [0.5, 0.6) is 0 Å². The van der Waals surface area contributed by atoms with Gasteiger partial charge in [-0.1, -0.05) is 0 Å². The number of anilines is 1. The molecule has 1 fully saturated rings. The van der Waals surface area contributed by atoms with Crippen LogP contribution in [0, 0.1) is 0 Å². The second-order valence-electron chi connectivity index (χ2n) is 3.64. The van der Waals surface area contributed by atoms with E-state index in [1.165, 1.54) is 0 Å². The Morgan fingerprint density at radius 2 is 1.93 bits per heavy atom. The van der Waals surface area contributed by atoms with Crippen LogP contribution in [0.1, 0.15) is 16.8 Å². The van der Waals surface area contributed by atoms with E-state index in [0.29, 0.717) is 24.2 Å². The number of nitrogen functional groups attached to an aromatic ring is 1. The van der Waals surface area contributed by atoms with Crippen molar-refractivity contribution in [2.24, 2.45) is 0 Å². The standard InChI is InChI=1S/C11H12N2O2/c12-9-3-1-8(2-4-9)11(15)13-6-5-10(14)7-13/h1-4H,5-7,12H2. The summed E-state index contributed by atoms with van der Waals surface area (Å²) in [6.45, 7) is 0.769. The van der Waals surface area contributed by atoms with E-state index in [9.17, 15) is 9.59 Å². The second-order valence-corrected chi connectivity index (χ2v) is 3.64. The molecule has 4 heteroatoms. The maximum Gasteiger partial charge on any atom is 0.254 e. The third-order valence-electron chi connectivity index (χ3n) is 2.47. The number of carbonyl (C=O) groups excluding carboxylic acids is 2. The lowest BCUT2D eigenvalue weighted by Gasteiger charge is -2.13. The molecular weight excluding hydrogens is 192 g/mol. The molecule has 78 valence electrons. The summed E-state index contributed by atoms with van der Waals surface area (Å²) >= 11 is 0. The molecule has 0 radical (unpaired) electrons. The quantitative estimate of drug-likeness (QED) is 0.684. The smallest absolute Gasteiger partial charge is 0.254 e. The molecule has 1 heterocycles. The summed E-state index contributed by atoms with van der Waals surface area (Å²) < 4.78 is 0. The van der Waals surface area contributed by atoms with Gasteiger partial charge in [0.2, 0.25) is 0 Å². The van der Waals surface area contributed by atoms with Gasteiger partial charge in [-0.05, 0) is 24.3 Å². The Kier molecular flexibility index (Phi) is 2.41. The van der Waals surface area contributed by atoms with Crippen LogP contribution in [0.2, 0.25) is 0 Å². The number of nitrogens with zero attached hydrogens (tertiary/aromatic N) is 1. The number of benzene rings is 1.